The van der Waals surface area contributed by atoms with Crippen LogP contribution in [0.5, 0.6) is 0 Å². The first kappa shape index (κ1) is 22.8. The molecular weight excluding hydrogens is 412 g/mol. The standard InChI is InChI=1S/C27H32N4O2/c1-6-19-12-14-21(15-13-19)31-24(32)22-16-23(26(2,3)4)29-30(22)18-27(31,5)25(33)28-17-20-10-8-7-9-11-20/h7-16H,6,17-18H2,1-5H3,(H,28,33)/t27-/m0/s1. The fourth-order valence-corrected chi connectivity index (χ4v) is 4.20. The van der Waals surface area contributed by atoms with Gasteiger partial charge in [-0.2, -0.15) is 5.10 Å². The number of nitrogens with one attached hydrogen (secondary N) is 1. The van der Waals surface area contributed by atoms with Gasteiger partial charge in [-0.25, -0.2) is 0 Å². The molecule has 0 fully saturated rings. The molecule has 2 heterocycles. The lowest BCUT2D eigenvalue weighted by atomic mass is 9.91. The molecule has 1 aliphatic rings. The lowest BCUT2D eigenvalue weighted by Gasteiger charge is -2.43. The van der Waals surface area contributed by atoms with Crippen molar-refractivity contribution in [2.75, 3.05) is 4.90 Å². The van der Waals surface area contributed by atoms with E-state index in [4.69, 9.17) is 5.10 Å². The molecule has 3 aromatic rings. The van der Waals surface area contributed by atoms with Gasteiger partial charge >= 0.3 is 0 Å². The Balaban J connectivity index is 1.74. The van der Waals surface area contributed by atoms with Crippen molar-refractivity contribution in [3.63, 3.8) is 0 Å². The van der Waals surface area contributed by atoms with E-state index in [1.54, 1.807) is 9.58 Å². The van der Waals surface area contributed by atoms with Gasteiger partial charge in [-0.15, -0.1) is 0 Å². The van der Waals surface area contributed by atoms with E-state index >= 15 is 0 Å². The van der Waals surface area contributed by atoms with Gasteiger partial charge in [0.15, 0.2) is 0 Å². The number of benzene rings is 2. The Morgan fingerprint density at radius 3 is 2.33 bits per heavy atom. The Bertz CT molecular complexity index is 1160. The van der Waals surface area contributed by atoms with E-state index in [9.17, 15) is 9.59 Å². The molecular formula is C27H32N4O2. The lowest BCUT2D eigenvalue weighted by Crippen LogP contribution is -2.64. The van der Waals surface area contributed by atoms with Crippen molar-refractivity contribution in [3.8, 4) is 0 Å². The summed E-state index contributed by atoms with van der Waals surface area (Å²) in [7, 11) is 0. The molecule has 0 aliphatic carbocycles. The molecule has 0 bridgehead atoms. The van der Waals surface area contributed by atoms with Crippen molar-refractivity contribution in [1.82, 2.24) is 15.1 Å². The second-order valence-corrected chi connectivity index (χ2v) is 9.93. The van der Waals surface area contributed by atoms with Crippen LogP contribution in [-0.2, 0) is 29.7 Å². The first-order valence-corrected chi connectivity index (χ1v) is 11.5. The molecule has 1 atom stereocenters. The highest BCUT2D eigenvalue weighted by Crippen LogP contribution is 2.34. The van der Waals surface area contributed by atoms with Crippen LogP contribution in [0.25, 0.3) is 0 Å². The van der Waals surface area contributed by atoms with Gasteiger partial charge in [0.2, 0.25) is 5.91 Å². The molecule has 33 heavy (non-hydrogen) atoms. The second-order valence-electron chi connectivity index (χ2n) is 9.93. The van der Waals surface area contributed by atoms with Crippen LogP contribution in [-0.4, -0.2) is 27.1 Å². The molecule has 1 aromatic heterocycles. The molecule has 0 saturated heterocycles. The van der Waals surface area contributed by atoms with Gasteiger partial charge in [0, 0.05) is 17.6 Å². The van der Waals surface area contributed by atoms with E-state index in [1.165, 1.54) is 5.56 Å². The van der Waals surface area contributed by atoms with Crippen LogP contribution in [0.3, 0.4) is 0 Å². The average Bonchev–Trinajstić information content (AvgIpc) is 3.23. The third kappa shape index (κ3) is 4.30. The number of anilines is 1. The van der Waals surface area contributed by atoms with E-state index in [1.807, 2.05) is 67.6 Å². The topological polar surface area (TPSA) is 67.2 Å². The van der Waals surface area contributed by atoms with Crippen molar-refractivity contribution < 1.29 is 9.59 Å². The minimum absolute atomic E-state index is 0.204. The Kier molecular flexibility index (Phi) is 5.87. The van der Waals surface area contributed by atoms with Gasteiger partial charge in [-0.3, -0.25) is 19.2 Å². The van der Waals surface area contributed by atoms with E-state index in [0.29, 0.717) is 17.9 Å². The predicted molar refractivity (Wildman–Crippen MR) is 130 cm³/mol. The quantitative estimate of drug-likeness (QED) is 0.631. The van der Waals surface area contributed by atoms with Gasteiger partial charge < -0.3 is 5.32 Å². The number of nitrogens with zero attached hydrogens (tertiary/aromatic N) is 3. The number of hydrogen-bond donors (Lipinski definition) is 1. The van der Waals surface area contributed by atoms with Crippen LogP contribution < -0.4 is 10.2 Å². The number of amides is 2. The first-order chi connectivity index (χ1) is 15.6. The predicted octanol–water partition coefficient (Wildman–Crippen LogP) is 4.48. The van der Waals surface area contributed by atoms with Crippen LogP contribution in [0.4, 0.5) is 5.69 Å². The number of aryl methyl sites for hydroxylation is 1. The van der Waals surface area contributed by atoms with Crippen molar-refractivity contribution >= 4 is 17.5 Å². The summed E-state index contributed by atoms with van der Waals surface area (Å²) >= 11 is 0. The van der Waals surface area contributed by atoms with Gasteiger partial charge in [-0.1, -0.05) is 70.2 Å². The number of carbonyl (C=O) groups excluding carboxylic acids is 2. The molecule has 1 N–H and O–H groups in total. The van der Waals surface area contributed by atoms with Crippen LogP contribution >= 0.6 is 0 Å². The van der Waals surface area contributed by atoms with Crippen molar-refractivity contribution in [2.24, 2.45) is 0 Å². The Hall–Kier alpha value is -3.41. The molecule has 0 spiro atoms. The molecule has 6 heteroatoms. The highest BCUT2D eigenvalue weighted by atomic mass is 16.2. The van der Waals surface area contributed by atoms with Crippen molar-refractivity contribution in [2.45, 2.75) is 65.1 Å². The minimum atomic E-state index is -1.13. The first-order valence-electron chi connectivity index (χ1n) is 11.5. The number of fused-ring (bicyclic) bond motifs is 1. The van der Waals surface area contributed by atoms with E-state index in [2.05, 4.69) is 33.0 Å². The molecule has 172 valence electrons. The Morgan fingerprint density at radius 1 is 1.06 bits per heavy atom. The summed E-state index contributed by atoms with van der Waals surface area (Å²) in [6, 6.07) is 19.5. The Morgan fingerprint density at radius 2 is 1.73 bits per heavy atom. The van der Waals surface area contributed by atoms with E-state index in [-0.39, 0.29) is 23.8 Å². The highest BCUT2D eigenvalue weighted by Gasteiger charge is 2.49. The number of aromatic nitrogens is 2. The number of hydrogen-bond acceptors (Lipinski definition) is 3. The minimum Gasteiger partial charge on any atom is -0.350 e. The van der Waals surface area contributed by atoms with Crippen molar-refractivity contribution in [3.05, 3.63) is 83.2 Å². The monoisotopic (exact) mass is 444 g/mol. The molecule has 4 rings (SSSR count). The van der Waals surface area contributed by atoms with Crippen LogP contribution in [0.2, 0.25) is 0 Å². The zero-order valence-corrected chi connectivity index (χ0v) is 20.1. The highest BCUT2D eigenvalue weighted by molar-refractivity contribution is 6.11. The summed E-state index contributed by atoms with van der Waals surface area (Å²) in [6.45, 7) is 10.8. The molecule has 0 saturated carbocycles. The van der Waals surface area contributed by atoms with Crippen LogP contribution in [0.15, 0.2) is 60.7 Å². The SMILES string of the molecule is CCc1ccc(N2C(=O)c3cc(C(C)(C)C)nn3C[C@@]2(C)C(=O)NCc2ccccc2)cc1. The zero-order valence-electron chi connectivity index (χ0n) is 20.1. The summed E-state index contributed by atoms with van der Waals surface area (Å²) in [6.07, 6.45) is 0.908. The average molecular weight is 445 g/mol. The fourth-order valence-electron chi connectivity index (χ4n) is 4.20. The third-order valence-corrected chi connectivity index (χ3v) is 6.31. The van der Waals surface area contributed by atoms with Gasteiger partial charge in [0.25, 0.3) is 5.91 Å². The largest absolute Gasteiger partial charge is 0.350 e. The van der Waals surface area contributed by atoms with Gasteiger partial charge in [-0.05, 0) is 42.7 Å². The van der Waals surface area contributed by atoms with Crippen LogP contribution in [0, 0.1) is 0 Å². The zero-order chi connectivity index (χ0) is 23.8. The van der Waals surface area contributed by atoms with E-state index < -0.39 is 5.54 Å². The summed E-state index contributed by atoms with van der Waals surface area (Å²) < 4.78 is 1.70. The molecule has 6 nitrogen and oxygen atoms in total. The van der Waals surface area contributed by atoms with Crippen LogP contribution in [0.1, 0.15) is 61.9 Å². The summed E-state index contributed by atoms with van der Waals surface area (Å²) in [5.41, 5.74) is 2.90. The van der Waals surface area contributed by atoms with Crippen molar-refractivity contribution in [1.29, 1.82) is 0 Å². The van der Waals surface area contributed by atoms with Gasteiger partial charge in [0.1, 0.15) is 11.2 Å². The van der Waals surface area contributed by atoms with Gasteiger partial charge in [0.05, 0.1) is 12.2 Å². The molecule has 0 radical (unpaired) electrons. The maximum atomic E-state index is 13.8. The lowest BCUT2D eigenvalue weighted by molar-refractivity contribution is -0.126. The smallest absolute Gasteiger partial charge is 0.277 e. The normalized spacial score (nSPS) is 18.2. The maximum absolute atomic E-state index is 13.8. The fraction of sp³-hybridized carbons (Fsp3) is 0.370. The number of carbonyl (C=O) groups is 2. The second kappa shape index (κ2) is 8.50. The molecule has 2 aromatic carbocycles. The number of rotatable bonds is 5. The Labute approximate surface area is 195 Å². The maximum Gasteiger partial charge on any atom is 0.277 e. The van der Waals surface area contributed by atoms with E-state index in [0.717, 1.165) is 17.7 Å². The summed E-state index contributed by atoms with van der Waals surface area (Å²) in [5.74, 6) is -0.427. The molecule has 0 unspecified atom stereocenters. The molecule has 2 amide bonds. The summed E-state index contributed by atoms with van der Waals surface area (Å²) in [4.78, 5) is 29.0. The molecule has 1 aliphatic heterocycles. The third-order valence-electron chi connectivity index (χ3n) is 6.31. The summed E-state index contributed by atoms with van der Waals surface area (Å²) in [5, 5.41) is 7.76.